The van der Waals surface area contributed by atoms with E-state index in [1.807, 2.05) is 6.20 Å². The normalized spacial score (nSPS) is 11.2. The van der Waals surface area contributed by atoms with Crippen molar-refractivity contribution in [1.29, 1.82) is 0 Å². The lowest BCUT2D eigenvalue weighted by Gasteiger charge is -2.08. The molecule has 0 fully saturated rings. The molecule has 0 saturated carbocycles. The second-order valence-electron chi connectivity index (χ2n) is 5.88. The maximum atomic E-state index is 4.58. The van der Waals surface area contributed by atoms with E-state index in [1.54, 1.807) is 0 Å². The summed E-state index contributed by atoms with van der Waals surface area (Å²) in [4.78, 5) is 4.58. The summed E-state index contributed by atoms with van der Waals surface area (Å²) in [6, 6.07) is 21.7. The minimum absolute atomic E-state index is 1.04. The average Bonchev–Trinajstić information content (AvgIpc) is 2.56. The van der Waals surface area contributed by atoms with Crippen molar-refractivity contribution < 1.29 is 0 Å². The summed E-state index contributed by atoms with van der Waals surface area (Å²) in [6.45, 7) is 4.23. The fourth-order valence-corrected chi connectivity index (χ4v) is 2.95. The van der Waals surface area contributed by atoms with Crippen molar-refractivity contribution in [2.45, 2.75) is 13.8 Å². The Bertz CT molecular complexity index is 999. The molecule has 0 atom stereocenters. The first-order chi connectivity index (χ1) is 10.7. The minimum atomic E-state index is 1.04. The molecule has 0 bridgehead atoms. The molecule has 1 heteroatoms. The van der Waals surface area contributed by atoms with Gasteiger partial charge in [0.1, 0.15) is 0 Å². The van der Waals surface area contributed by atoms with E-state index in [-0.39, 0.29) is 0 Å². The van der Waals surface area contributed by atoms with Crippen LogP contribution in [0.4, 0.5) is 0 Å². The van der Waals surface area contributed by atoms with Crippen LogP contribution in [0.3, 0.4) is 0 Å². The number of nitrogens with zero attached hydrogens (tertiary/aromatic N) is 1. The summed E-state index contributed by atoms with van der Waals surface area (Å²) in [5.74, 6) is 0. The molecule has 0 radical (unpaired) electrons. The van der Waals surface area contributed by atoms with Crippen molar-refractivity contribution in [3.05, 3.63) is 78.0 Å². The lowest BCUT2D eigenvalue weighted by molar-refractivity contribution is 1.22. The lowest BCUT2D eigenvalue weighted by atomic mass is 9.98. The SMILES string of the molecule is Cc1cnc(-c2ccc3c(ccc4ccccc43)c2)cc1C. The minimum Gasteiger partial charge on any atom is -0.256 e. The Labute approximate surface area is 130 Å². The van der Waals surface area contributed by atoms with Crippen LogP contribution in [-0.4, -0.2) is 4.98 Å². The van der Waals surface area contributed by atoms with Gasteiger partial charge in [0.05, 0.1) is 5.69 Å². The van der Waals surface area contributed by atoms with Crippen molar-refractivity contribution >= 4 is 21.5 Å². The zero-order chi connectivity index (χ0) is 15.1. The molecule has 0 amide bonds. The third-order valence-electron chi connectivity index (χ3n) is 4.41. The second kappa shape index (κ2) is 4.96. The zero-order valence-corrected chi connectivity index (χ0v) is 12.8. The molecule has 22 heavy (non-hydrogen) atoms. The van der Waals surface area contributed by atoms with Crippen molar-refractivity contribution in [3.63, 3.8) is 0 Å². The highest BCUT2D eigenvalue weighted by atomic mass is 14.7. The highest BCUT2D eigenvalue weighted by molar-refractivity contribution is 6.08. The van der Waals surface area contributed by atoms with Crippen LogP contribution < -0.4 is 0 Å². The van der Waals surface area contributed by atoms with Crippen LogP contribution in [0.15, 0.2) is 66.9 Å². The molecule has 0 N–H and O–H groups in total. The van der Waals surface area contributed by atoms with Gasteiger partial charge in [-0.05, 0) is 58.7 Å². The number of rotatable bonds is 1. The van der Waals surface area contributed by atoms with Crippen LogP contribution >= 0.6 is 0 Å². The van der Waals surface area contributed by atoms with Crippen molar-refractivity contribution in [1.82, 2.24) is 4.98 Å². The Hall–Kier alpha value is -2.67. The monoisotopic (exact) mass is 283 g/mol. The molecule has 0 aliphatic rings. The summed E-state index contributed by atoms with van der Waals surface area (Å²) in [5, 5.41) is 5.15. The summed E-state index contributed by atoms with van der Waals surface area (Å²) in [7, 11) is 0. The van der Waals surface area contributed by atoms with Crippen LogP contribution in [-0.2, 0) is 0 Å². The Morgan fingerprint density at radius 1 is 0.682 bits per heavy atom. The van der Waals surface area contributed by atoms with E-state index < -0.39 is 0 Å². The van der Waals surface area contributed by atoms with Crippen LogP contribution in [0.1, 0.15) is 11.1 Å². The van der Waals surface area contributed by atoms with Gasteiger partial charge >= 0.3 is 0 Å². The maximum Gasteiger partial charge on any atom is 0.0705 e. The molecule has 3 aromatic carbocycles. The molecule has 4 aromatic rings. The first-order valence-corrected chi connectivity index (χ1v) is 7.57. The summed E-state index contributed by atoms with van der Waals surface area (Å²) < 4.78 is 0. The van der Waals surface area contributed by atoms with Crippen LogP contribution in [0.25, 0.3) is 32.8 Å². The molecule has 1 nitrogen and oxygen atoms in total. The molecule has 0 aliphatic carbocycles. The molecule has 0 spiro atoms. The number of hydrogen-bond donors (Lipinski definition) is 0. The molecule has 1 heterocycles. The highest BCUT2D eigenvalue weighted by Gasteiger charge is 2.05. The van der Waals surface area contributed by atoms with Gasteiger partial charge in [0.2, 0.25) is 0 Å². The van der Waals surface area contributed by atoms with Crippen LogP contribution in [0.5, 0.6) is 0 Å². The predicted molar refractivity (Wildman–Crippen MR) is 94.2 cm³/mol. The Morgan fingerprint density at radius 2 is 1.45 bits per heavy atom. The molecule has 1 aromatic heterocycles. The second-order valence-corrected chi connectivity index (χ2v) is 5.88. The van der Waals surface area contributed by atoms with Crippen molar-refractivity contribution in [2.24, 2.45) is 0 Å². The van der Waals surface area contributed by atoms with Crippen molar-refractivity contribution in [2.75, 3.05) is 0 Å². The van der Waals surface area contributed by atoms with Gasteiger partial charge in [0.25, 0.3) is 0 Å². The van der Waals surface area contributed by atoms with Gasteiger partial charge < -0.3 is 0 Å². The van der Waals surface area contributed by atoms with E-state index in [9.17, 15) is 0 Å². The number of aromatic nitrogens is 1. The Kier molecular flexibility index (Phi) is 2.93. The van der Waals surface area contributed by atoms with E-state index in [0.29, 0.717) is 0 Å². The molecular formula is C21H17N. The van der Waals surface area contributed by atoms with Gasteiger partial charge in [-0.25, -0.2) is 0 Å². The Morgan fingerprint density at radius 3 is 2.32 bits per heavy atom. The topological polar surface area (TPSA) is 12.9 Å². The molecule has 0 unspecified atom stereocenters. The predicted octanol–water partition coefficient (Wildman–Crippen LogP) is 5.67. The summed E-state index contributed by atoms with van der Waals surface area (Å²) in [5.41, 5.74) is 4.73. The number of aryl methyl sites for hydroxylation is 2. The van der Waals surface area contributed by atoms with E-state index in [0.717, 1.165) is 5.69 Å². The zero-order valence-electron chi connectivity index (χ0n) is 12.8. The van der Waals surface area contributed by atoms with Gasteiger partial charge in [-0.3, -0.25) is 4.98 Å². The van der Waals surface area contributed by atoms with Gasteiger partial charge in [-0.1, -0.05) is 48.5 Å². The smallest absolute Gasteiger partial charge is 0.0705 e. The van der Waals surface area contributed by atoms with Gasteiger partial charge in [-0.15, -0.1) is 0 Å². The van der Waals surface area contributed by atoms with Crippen LogP contribution in [0, 0.1) is 13.8 Å². The van der Waals surface area contributed by atoms with E-state index in [4.69, 9.17) is 0 Å². The lowest BCUT2D eigenvalue weighted by Crippen LogP contribution is -1.88. The maximum absolute atomic E-state index is 4.58. The molecular weight excluding hydrogens is 266 g/mol. The summed E-state index contributed by atoms with van der Waals surface area (Å²) >= 11 is 0. The third kappa shape index (κ3) is 2.06. The van der Waals surface area contributed by atoms with Gasteiger partial charge in [0, 0.05) is 11.8 Å². The number of hydrogen-bond acceptors (Lipinski definition) is 1. The molecule has 4 rings (SSSR count). The third-order valence-corrected chi connectivity index (χ3v) is 4.41. The Balaban J connectivity index is 1.94. The molecule has 0 saturated heterocycles. The number of fused-ring (bicyclic) bond motifs is 3. The largest absolute Gasteiger partial charge is 0.256 e. The quantitative estimate of drug-likeness (QED) is 0.410. The van der Waals surface area contributed by atoms with Crippen LogP contribution in [0.2, 0.25) is 0 Å². The van der Waals surface area contributed by atoms with E-state index in [2.05, 4.69) is 79.5 Å². The molecule has 106 valence electrons. The van der Waals surface area contributed by atoms with E-state index in [1.165, 1.54) is 38.2 Å². The average molecular weight is 283 g/mol. The van der Waals surface area contributed by atoms with Gasteiger partial charge in [0.15, 0.2) is 0 Å². The first kappa shape index (κ1) is 13.0. The summed E-state index contributed by atoms with van der Waals surface area (Å²) in [6.07, 6.45) is 1.95. The number of pyridine rings is 1. The van der Waals surface area contributed by atoms with E-state index >= 15 is 0 Å². The first-order valence-electron chi connectivity index (χ1n) is 7.57. The van der Waals surface area contributed by atoms with Gasteiger partial charge in [-0.2, -0.15) is 0 Å². The fourth-order valence-electron chi connectivity index (χ4n) is 2.95. The van der Waals surface area contributed by atoms with Crippen molar-refractivity contribution in [3.8, 4) is 11.3 Å². The molecule has 0 aliphatic heterocycles. The fraction of sp³-hybridized carbons (Fsp3) is 0.0952. The highest BCUT2D eigenvalue weighted by Crippen LogP contribution is 2.29. The standard InChI is InChI=1S/C21H17N/c1-14-11-21(22-13-15(14)2)18-9-10-20-17(12-18)8-7-16-5-3-4-6-19(16)20/h3-13H,1-2H3. The number of benzene rings is 3.